The van der Waals surface area contributed by atoms with E-state index in [1.807, 2.05) is 0 Å². The molecule has 9 heteroatoms. The van der Waals surface area contributed by atoms with Crippen LogP contribution in [0.2, 0.25) is 5.02 Å². The number of likely N-dealkylation sites (tertiary alicyclic amines) is 1. The van der Waals surface area contributed by atoms with Crippen LogP contribution in [0.25, 0.3) is 0 Å². The highest BCUT2D eigenvalue weighted by Gasteiger charge is 2.23. The average Bonchev–Trinajstić information content (AvgIpc) is 2.85. The summed E-state index contributed by atoms with van der Waals surface area (Å²) in [6.07, 6.45) is 3.02. The Labute approximate surface area is 203 Å². The lowest BCUT2D eigenvalue weighted by atomic mass is 10.1. The zero-order valence-electron chi connectivity index (χ0n) is 18.3. The van der Waals surface area contributed by atoms with Crippen LogP contribution >= 0.6 is 11.6 Å². The van der Waals surface area contributed by atoms with Gasteiger partial charge in [0.2, 0.25) is 0 Å². The van der Waals surface area contributed by atoms with Gasteiger partial charge in [-0.15, -0.1) is 0 Å². The Morgan fingerprint density at radius 3 is 2.26 bits per heavy atom. The molecule has 1 aliphatic rings. The van der Waals surface area contributed by atoms with Gasteiger partial charge in [-0.25, -0.2) is 8.42 Å². The van der Waals surface area contributed by atoms with Crippen molar-refractivity contribution < 1.29 is 18.0 Å². The minimum atomic E-state index is -4.03. The summed E-state index contributed by atoms with van der Waals surface area (Å²) < 4.78 is 28.3. The monoisotopic (exact) mass is 497 g/mol. The number of benzene rings is 3. The number of sulfonamides is 1. The molecule has 0 unspecified atom stereocenters. The summed E-state index contributed by atoms with van der Waals surface area (Å²) in [5.41, 5.74) is 1.23. The summed E-state index contributed by atoms with van der Waals surface area (Å²) >= 11 is 6.16. The molecule has 4 rings (SSSR count). The quantitative estimate of drug-likeness (QED) is 0.500. The summed E-state index contributed by atoms with van der Waals surface area (Å²) in [5.74, 6) is -0.686. The van der Waals surface area contributed by atoms with Crippen LogP contribution in [0.4, 0.5) is 11.4 Å². The molecule has 3 aromatic rings. The number of piperidine rings is 1. The van der Waals surface area contributed by atoms with Crippen LogP contribution in [0.1, 0.15) is 40.0 Å². The van der Waals surface area contributed by atoms with Gasteiger partial charge in [0, 0.05) is 24.3 Å². The highest BCUT2D eigenvalue weighted by atomic mass is 35.5. The van der Waals surface area contributed by atoms with Gasteiger partial charge in [-0.1, -0.05) is 41.9 Å². The molecule has 0 aliphatic carbocycles. The number of amides is 2. The van der Waals surface area contributed by atoms with E-state index in [0.29, 0.717) is 30.0 Å². The molecular formula is C25H24ClN3O4S. The Kier molecular flexibility index (Phi) is 7.19. The predicted octanol–water partition coefficient (Wildman–Crippen LogP) is 5.02. The third-order valence-corrected chi connectivity index (χ3v) is 7.42. The van der Waals surface area contributed by atoms with Gasteiger partial charge < -0.3 is 10.2 Å². The summed E-state index contributed by atoms with van der Waals surface area (Å²) in [5, 5.41) is 2.74. The lowest BCUT2D eigenvalue weighted by Crippen LogP contribution is -2.36. The Bertz CT molecular complexity index is 1310. The van der Waals surface area contributed by atoms with Gasteiger partial charge in [0.15, 0.2) is 0 Å². The Balaban J connectivity index is 1.57. The molecule has 0 saturated carbocycles. The number of anilines is 2. The molecule has 0 bridgehead atoms. The number of carbonyl (C=O) groups is 2. The van der Waals surface area contributed by atoms with Crippen molar-refractivity contribution in [2.75, 3.05) is 23.1 Å². The average molecular weight is 498 g/mol. The molecule has 34 heavy (non-hydrogen) atoms. The first kappa shape index (κ1) is 23.8. The third-order valence-electron chi connectivity index (χ3n) is 5.56. The minimum Gasteiger partial charge on any atom is -0.339 e. The highest BCUT2D eigenvalue weighted by Crippen LogP contribution is 2.26. The van der Waals surface area contributed by atoms with E-state index in [2.05, 4.69) is 10.0 Å². The molecule has 0 radical (unpaired) electrons. The van der Waals surface area contributed by atoms with Crippen LogP contribution in [0.15, 0.2) is 77.7 Å². The zero-order valence-corrected chi connectivity index (χ0v) is 19.9. The largest absolute Gasteiger partial charge is 0.339 e. The molecule has 0 atom stereocenters. The maximum absolute atomic E-state index is 13.0. The fourth-order valence-corrected chi connectivity index (χ4v) is 5.39. The van der Waals surface area contributed by atoms with Crippen LogP contribution in [0.3, 0.4) is 0 Å². The van der Waals surface area contributed by atoms with Gasteiger partial charge in [-0.3, -0.25) is 14.3 Å². The minimum absolute atomic E-state index is 0.0133. The number of para-hydroxylation sites is 2. The molecule has 3 aromatic carbocycles. The molecule has 7 nitrogen and oxygen atoms in total. The van der Waals surface area contributed by atoms with Crippen molar-refractivity contribution in [3.05, 3.63) is 88.9 Å². The Morgan fingerprint density at radius 1 is 0.853 bits per heavy atom. The third kappa shape index (κ3) is 5.40. The number of rotatable bonds is 6. The summed E-state index contributed by atoms with van der Waals surface area (Å²) in [6.45, 7) is 1.38. The zero-order chi connectivity index (χ0) is 24.1. The molecular weight excluding hydrogens is 474 g/mol. The lowest BCUT2D eigenvalue weighted by molar-refractivity contribution is 0.0725. The van der Waals surface area contributed by atoms with Gasteiger partial charge in [-0.05, 0) is 61.7 Å². The second-order valence-corrected chi connectivity index (χ2v) is 10.0. The van der Waals surface area contributed by atoms with Gasteiger partial charge in [-0.2, -0.15) is 0 Å². The first-order chi connectivity index (χ1) is 16.3. The van der Waals surface area contributed by atoms with Crippen LogP contribution in [-0.2, 0) is 10.0 Å². The maximum atomic E-state index is 13.0. The van der Waals surface area contributed by atoms with Crippen molar-refractivity contribution in [1.29, 1.82) is 0 Å². The smallest absolute Gasteiger partial charge is 0.263 e. The van der Waals surface area contributed by atoms with Gasteiger partial charge >= 0.3 is 0 Å². The van der Waals surface area contributed by atoms with E-state index in [9.17, 15) is 18.0 Å². The highest BCUT2D eigenvalue weighted by molar-refractivity contribution is 7.92. The van der Waals surface area contributed by atoms with Crippen LogP contribution in [-0.4, -0.2) is 38.2 Å². The van der Waals surface area contributed by atoms with E-state index in [4.69, 9.17) is 11.6 Å². The molecule has 2 amide bonds. The van der Waals surface area contributed by atoms with Crippen molar-refractivity contribution in [3.63, 3.8) is 0 Å². The van der Waals surface area contributed by atoms with Crippen molar-refractivity contribution in [2.45, 2.75) is 24.2 Å². The summed E-state index contributed by atoms with van der Waals surface area (Å²) in [7, 11) is -4.03. The Hall–Kier alpha value is -3.36. The van der Waals surface area contributed by atoms with Gasteiger partial charge in [0.25, 0.3) is 21.8 Å². The lowest BCUT2D eigenvalue weighted by Gasteiger charge is -2.27. The number of nitrogens with one attached hydrogen (secondary N) is 2. The van der Waals surface area contributed by atoms with Gasteiger partial charge in [0.1, 0.15) is 4.90 Å². The maximum Gasteiger partial charge on any atom is 0.263 e. The predicted molar refractivity (Wildman–Crippen MR) is 133 cm³/mol. The van der Waals surface area contributed by atoms with Crippen LogP contribution in [0, 0.1) is 0 Å². The Morgan fingerprint density at radius 2 is 1.53 bits per heavy atom. The van der Waals surface area contributed by atoms with Crippen molar-refractivity contribution in [2.24, 2.45) is 0 Å². The standard InChI is InChI=1S/C25H24ClN3O4S/c26-21-14-13-18(17-23(21)34(32,33)28-19-9-3-1-4-10-19)24(30)27-22-12-6-5-11-20(22)25(31)29-15-7-2-8-16-29/h1,3-6,9-14,17,28H,2,7-8,15-16H2,(H,27,30). The normalized spacial score (nSPS) is 13.9. The van der Waals surface area contributed by atoms with E-state index in [1.165, 1.54) is 18.2 Å². The number of hydrogen-bond acceptors (Lipinski definition) is 4. The summed E-state index contributed by atoms with van der Waals surface area (Å²) in [6, 6.07) is 19.2. The van der Waals surface area contributed by atoms with E-state index in [1.54, 1.807) is 59.5 Å². The van der Waals surface area contributed by atoms with E-state index in [-0.39, 0.29) is 21.4 Å². The number of halogens is 1. The first-order valence-electron chi connectivity index (χ1n) is 10.9. The van der Waals surface area contributed by atoms with Gasteiger partial charge in [0.05, 0.1) is 16.3 Å². The molecule has 0 spiro atoms. The van der Waals surface area contributed by atoms with Crippen molar-refractivity contribution in [1.82, 2.24) is 4.90 Å². The molecule has 1 saturated heterocycles. The van der Waals surface area contributed by atoms with Crippen LogP contribution in [0.5, 0.6) is 0 Å². The topological polar surface area (TPSA) is 95.6 Å². The molecule has 2 N–H and O–H groups in total. The molecule has 1 fully saturated rings. The fraction of sp³-hybridized carbons (Fsp3) is 0.200. The molecule has 176 valence electrons. The molecule has 0 aromatic heterocycles. The van der Waals surface area contributed by atoms with Crippen LogP contribution < -0.4 is 10.0 Å². The fourth-order valence-electron chi connectivity index (χ4n) is 3.81. The van der Waals surface area contributed by atoms with Crippen molar-refractivity contribution >= 4 is 44.8 Å². The summed E-state index contributed by atoms with van der Waals surface area (Å²) in [4.78, 5) is 27.6. The van der Waals surface area contributed by atoms with E-state index in [0.717, 1.165) is 19.3 Å². The first-order valence-corrected chi connectivity index (χ1v) is 12.8. The van der Waals surface area contributed by atoms with E-state index < -0.39 is 15.9 Å². The second-order valence-electron chi connectivity index (χ2n) is 7.97. The molecule has 1 aliphatic heterocycles. The second kappa shape index (κ2) is 10.3. The van der Waals surface area contributed by atoms with Crippen molar-refractivity contribution in [3.8, 4) is 0 Å². The number of hydrogen-bond donors (Lipinski definition) is 2. The van der Waals surface area contributed by atoms with E-state index >= 15 is 0 Å². The number of carbonyl (C=O) groups excluding carboxylic acids is 2. The molecule has 1 heterocycles. The number of nitrogens with zero attached hydrogens (tertiary/aromatic N) is 1. The SMILES string of the molecule is O=C(Nc1ccccc1C(=O)N1CCCCC1)c1ccc(Cl)c(S(=O)(=O)Nc2ccccc2)c1.